The summed E-state index contributed by atoms with van der Waals surface area (Å²) in [4.78, 5) is 7.75. The number of fused-ring (bicyclic) bond motifs is 2. The monoisotopic (exact) mass is 299 g/mol. The second kappa shape index (κ2) is 4.60. The van der Waals surface area contributed by atoms with E-state index in [9.17, 15) is 0 Å². The summed E-state index contributed by atoms with van der Waals surface area (Å²) in [6.07, 6.45) is 0. The van der Waals surface area contributed by atoms with Crippen molar-refractivity contribution in [2.24, 2.45) is 0 Å². The third kappa shape index (κ3) is 1.99. The van der Waals surface area contributed by atoms with Gasteiger partial charge in [-0.05, 0) is 43.4 Å². The maximum absolute atomic E-state index is 5.63. The van der Waals surface area contributed by atoms with Crippen molar-refractivity contribution in [2.75, 3.05) is 13.2 Å². The molecule has 1 aromatic carbocycles. The molecule has 4 rings (SSSR count). The minimum atomic E-state index is 0.563. The van der Waals surface area contributed by atoms with Gasteiger partial charge in [0, 0.05) is 11.8 Å². The standard InChI is InChI=1S/C15H13N3O2S/c1-9-2-4-11-14(16-9)18(15(21)17-11)10-3-5-12-13(8-10)20-7-6-19-12/h2-5,8H,6-7H2,1H3,(H,17,21). The lowest BCUT2D eigenvalue weighted by atomic mass is 10.2. The van der Waals surface area contributed by atoms with Crippen molar-refractivity contribution < 1.29 is 9.47 Å². The van der Waals surface area contributed by atoms with Gasteiger partial charge in [-0.25, -0.2) is 4.98 Å². The molecule has 3 aromatic rings. The molecule has 0 amide bonds. The van der Waals surface area contributed by atoms with Crippen molar-refractivity contribution in [3.05, 3.63) is 40.8 Å². The van der Waals surface area contributed by atoms with Crippen molar-refractivity contribution in [3.63, 3.8) is 0 Å². The SMILES string of the molecule is Cc1ccc2[nH]c(=S)n(-c3ccc4c(c3)OCCO4)c2n1. The van der Waals surface area contributed by atoms with E-state index >= 15 is 0 Å². The number of aromatic nitrogens is 3. The molecule has 1 aliphatic heterocycles. The summed E-state index contributed by atoms with van der Waals surface area (Å²) in [5.41, 5.74) is 3.59. The van der Waals surface area contributed by atoms with E-state index in [1.165, 1.54) is 0 Å². The number of pyridine rings is 1. The molecular formula is C15H13N3O2S. The highest BCUT2D eigenvalue weighted by Gasteiger charge is 2.14. The molecule has 0 atom stereocenters. The van der Waals surface area contributed by atoms with Crippen LogP contribution in [0.2, 0.25) is 0 Å². The predicted molar refractivity (Wildman–Crippen MR) is 82.0 cm³/mol. The smallest absolute Gasteiger partial charge is 0.184 e. The zero-order valence-corrected chi connectivity index (χ0v) is 12.2. The van der Waals surface area contributed by atoms with Gasteiger partial charge in [0.1, 0.15) is 13.2 Å². The first-order chi connectivity index (χ1) is 10.2. The quantitative estimate of drug-likeness (QED) is 0.701. The van der Waals surface area contributed by atoms with Gasteiger partial charge in [0.05, 0.1) is 11.2 Å². The third-order valence-electron chi connectivity index (χ3n) is 3.45. The molecule has 6 heteroatoms. The second-order valence-electron chi connectivity index (χ2n) is 4.92. The van der Waals surface area contributed by atoms with Gasteiger partial charge in [0.25, 0.3) is 0 Å². The van der Waals surface area contributed by atoms with Crippen LogP contribution in [0.1, 0.15) is 5.69 Å². The fourth-order valence-corrected chi connectivity index (χ4v) is 2.79. The maximum Gasteiger partial charge on any atom is 0.184 e. The van der Waals surface area contributed by atoms with E-state index in [2.05, 4.69) is 9.97 Å². The van der Waals surface area contributed by atoms with E-state index in [0.717, 1.165) is 34.0 Å². The number of hydrogen-bond acceptors (Lipinski definition) is 4. The Labute approximate surface area is 126 Å². The van der Waals surface area contributed by atoms with Crippen molar-refractivity contribution in [3.8, 4) is 17.2 Å². The van der Waals surface area contributed by atoms with Crippen LogP contribution in [0.25, 0.3) is 16.9 Å². The molecular weight excluding hydrogens is 286 g/mol. The minimum Gasteiger partial charge on any atom is -0.486 e. The molecule has 1 aliphatic rings. The Morgan fingerprint density at radius 3 is 2.81 bits per heavy atom. The van der Waals surface area contributed by atoms with E-state index in [-0.39, 0.29) is 0 Å². The molecule has 0 saturated heterocycles. The normalized spacial score (nSPS) is 13.6. The predicted octanol–water partition coefficient (Wildman–Crippen LogP) is 3.16. The average Bonchev–Trinajstić information content (AvgIpc) is 2.82. The van der Waals surface area contributed by atoms with Crippen molar-refractivity contribution in [1.29, 1.82) is 0 Å². The number of imidazole rings is 1. The van der Waals surface area contributed by atoms with E-state index in [0.29, 0.717) is 18.0 Å². The second-order valence-corrected chi connectivity index (χ2v) is 5.30. The van der Waals surface area contributed by atoms with E-state index in [4.69, 9.17) is 21.7 Å². The van der Waals surface area contributed by atoms with Crippen LogP contribution in [-0.4, -0.2) is 27.7 Å². The van der Waals surface area contributed by atoms with Gasteiger partial charge < -0.3 is 14.5 Å². The lowest BCUT2D eigenvalue weighted by molar-refractivity contribution is 0.171. The van der Waals surface area contributed by atoms with Crippen LogP contribution in [0.4, 0.5) is 0 Å². The fraction of sp³-hybridized carbons (Fsp3) is 0.200. The first-order valence-corrected chi connectivity index (χ1v) is 7.11. The molecule has 106 valence electrons. The molecule has 1 N–H and O–H groups in total. The van der Waals surface area contributed by atoms with E-state index in [1.54, 1.807) is 0 Å². The summed E-state index contributed by atoms with van der Waals surface area (Å²) >= 11 is 5.43. The lowest BCUT2D eigenvalue weighted by Gasteiger charge is -2.19. The number of hydrogen-bond donors (Lipinski definition) is 1. The third-order valence-corrected chi connectivity index (χ3v) is 3.74. The van der Waals surface area contributed by atoms with Gasteiger partial charge in [0.15, 0.2) is 21.9 Å². The Kier molecular flexibility index (Phi) is 2.71. The summed E-state index contributed by atoms with van der Waals surface area (Å²) < 4.78 is 13.7. The van der Waals surface area contributed by atoms with Crippen LogP contribution < -0.4 is 9.47 Å². The maximum atomic E-state index is 5.63. The van der Waals surface area contributed by atoms with Gasteiger partial charge in [0.2, 0.25) is 0 Å². The molecule has 0 bridgehead atoms. The van der Waals surface area contributed by atoms with Crippen LogP contribution >= 0.6 is 12.2 Å². The zero-order chi connectivity index (χ0) is 14.4. The van der Waals surface area contributed by atoms with E-state index in [1.807, 2.05) is 41.8 Å². The minimum absolute atomic E-state index is 0.563. The number of nitrogens with one attached hydrogen (secondary N) is 1. The van der Waals surface area contributed by atoms with E-state index < -0.39 is 0 Å². The number of benzene rings is 1. The van der Waals surface area contributed by atoms with Gasteiger partial charge in [-0.15, -0.1) is 0 Å². The van der Waals surface area contributed by atoms with Crippen molar-refractivity contribution in [1.82, 2.24) is 14.5 Å². The Hall–Kier alpha value is -2.34. The Bertz CT molecular complexity index is 898. The number of H-pyrrole nitrogens is 1. The molecule has 21 heavy (non-hydrogen) atoms. The first kappa shape index (κ1) is 12.4. The highest BCUT2D eigenvalue weighted by Crippen LogP contribution is 2.32. The Morgan fingerprint density at radius 2 is 1.95 bits per heavy atom. The molecule has 0 saturated carbocycles. The summed E-state index contributed by atoms with van der Waals surface area (Å²) in [6, 6.07) is 9.74. The fourth-order valence-electron chi connectivity index (χ4n) is 2.49. The zero-order valence-electron chi connectivity index (χ0n) is 11.4. The summed E-state index contributed by atoms with van der Waals surface area (Å²) in [6.45, 7) is 3.11. The number of rotatable bonds is 1. The van der Waals surface area contributed by atoms with Crippen molar-refractivity contribution in [2.45, 2.75) is 6.92 Å². The van der Waals surface area contributed by atoms with Gasteiger partial charge in [-0.1, -0.05) is 0 Å². The number of aromatic amines is 1. The molecule has 5 nitrogen and oxygen atoms in total. The lowest BCUT2D eigenvalue weighted by Crippen LogP contribution is -2.15. The average molecular weight is 299 g/mol. The number of aryl methyl sites for hydroxylation is 1. The van der Waals surface area contributed by atoms with Gasteiger partial charge >= 0.3 is 0 Å². The number of ether oxygens (including phenoxy) is 2. The first-order valence-electron chi connectivity index (χ1n) is 6.71. The van der Waals surface area contributed by atoms with Crippen LogP contribution in [0.5, 0.6) is 11.5 Å². The van der Waals surface area contributed by atoms with Gasteiger partial charge in [-0.3, -0.25) is 4.57 Å². The molecule has 0 radical (unpaired) electrons. The molecule has 2 aromatic heterocycles. The molecule has 0 aliphatic carbocycles. The molecule has 0 unspecified atom stereocenters. The highest BCUT2D eigenvalue weighted by molar-refractivity contribution is 7.71. The van der Waals surface area contributed by atoms with Crippen LogP contribution in [-0.2, 0) is 0 Å². The molecule has 0 fully saturated rings. The summed E-state index contributed by atoms with van der Waals surface area (Å²) in [7, 11) is 0. The Morgan fingerprint density at radius 1 is 1.14 bits per heavy atom. The Balaban J connectivity index is 1.96. The van der Waals surface area contributed by atoms with Gasteiger partial charge in [-0.2, -0.15) is 0 Å². The van der Waals surface area contributed by atoms with Crippen molar-refractivity contribution >= 4 is 23.4 Å². The van der Waals surface area contributed by atoms with Crippen LogP contribution in [0.3, 0.4) is 0 Å². The van der Waals surface area contributed by atoms with Crippen LogP contribution in [0, 0.1) is 11.7 Å². The summed E-state index contributed by atoms with van der Waals surface area (Å²) in [5.74, 6) is 1.50. The summed E-state index contributed by atoms with van der Waals surface area (Å²) in [5, 5.41) is 0. The number of nitrogens with zero attached hydrogens (tertiary/aromatic N) is 2. The molecule has 0 spiro atoms. The topological polar surface area (TPSA) is 52.1 Å². The van der Waals surface area contributed by atoms with Crippen LogP contribution in [0.15, 0.2) is 30.3 Å². The highest BCUT2D eigenvalue weighted by atomic mass is 32.1. The molecule has 3 heterocycles. The largest absolute Gasteiger partial charge is 0.486 e.